The van der Waals surface area contributed by atoms with E-state index in [9.17, 15) is 26.7 Å². The summed E-state index contributed by atoms with van der Waals surface area (Å²) in [7, 11) is -9.03. The third-order valence-electron chi connectivity index (χ3n) is 4.91. The second-order valence-electron chi connectivity index (χ2n) is 7.46. The van der Waals surface area contributed by atoms with Crippen LogP contribution in [-0.4, -0.2) is 80.8 Å². The van der Waals surface area contributed by atoms with Crippen LogP contribution in [0.15, 0.2) is 46.2 Å². The first-order chi connectivity index (χ1) is 17.0. The molecular weight excluding hydrogens is 514 g/mol. The molecule has 194 valence electrons. The first kappa shape index (κ1) is 27.3. The highest BCUT2D eigenvalue weighted by Gasteiger charge is 2.32. The van der Waals surface area contributed by atoms with Gasteiger partial charge in [-0.1, -0.05) is 18.2 Å². The van der Waals surface area contributed by atoms with E-state index in [0.29, 0.717) is 5.56 Å². The second kappa shape index (κ2) is 11.2. The number of nitrogens with two attached hydrogens (primary N) is 3. The van der Waals surface area contributed by atoms with Crippen LogP contribution in [0.3, 0.4) is 0 Å². The van der Waals surface area contributed by atoms with Crippen molar-refractivity contribution in [2.75, 3.05) is 26.2 Å². The normalized spacial score (nSPS) is 12.9. The van der Waals surface area contributed by atoms with Gasteiger partial charge < -0.3 is 21.9 Å². The second-order valence-corrected chi connectivity index (χ2v) is 10.7. The van der Waals surface area contributed by atoms with E-state index in [1.165, 1.54) is 24.3 Å². The number of hydrogen-bond acceptors (Lipinski definition) is 11. The molecule has 0 spiro atoms. The number of hydrogen-bond donors (Lipinski definition) is 7. The Bertz CT molecular complexity index is 1440. The Morgan fingerprint density at radius 1 is 1.14 bits per heavy atom. The van der Waals surface area contributed by atoms with Crippen LogP contribution in [0.4, 0.5) is 0 Å². The maximum Gasteiger partial charge on any atom is 0.251 e. The van der Waals surface area contributed by atoms with Crippen LogP contribution in [0.2, 0.25) is 0 Å². The van der Waals surface area contributed by atoms with Crippen molar-refractivity contribution in [2.24, 2.45) is 16.6 Å². The van der Waals surface area contributed by atoms with Crippen molar-refractivity contribution >= 4 is 26.0 Å². The number of sulfonamides is 2. The van der Waals surface area contributed by atoms with Crippen molar-refractivity contribution in [1.29, 1.82) is 0 Å². The van der Waals surface area contributed by atoms with Gasteiger partial charge in [-0.15, -0.1) is 10.2 Å². The Hall–Kier alpha value is -3.32. The van der Waals surface area contributed by atoms with Gasteiger partial charge in [-0.2, -0.15) is 5.21 Å². The van der Waals surface area contributed by atoms with Crippen LogP contribution in [0.5, 0.6) is 0 Å². The fraction of sp³-hybridized carbons (Fsp3) is 0.263. The number of aliphatic hydroxyl groups is 1. The van der Waals surface area contributed by atoms with Crippen LogP contribution in [0.25, 0.3) is 22.5 Å². The minimum absolute atomic E-state index is 0.0309. The zero-order valence-corrected chi connectivity index (χ0v) is 20.4. The molecule has 0 aliphatic rings. The molecule has 0 radical (unpaired) electrons. The Labute approximate surface area is 206 Å². The average Bonchev–Trinajstić information content (AvgIpc) is 3.39. The number of rotatable bonds is 11. The number of primary sulfonamides is 1. The Morgan fingerprint density at radius 3 is 2.50 bits per heavy atom. The van der Waals surface area contributed by atoms with Crippen molar-refractivity contribution in [3.8, 4) is 22.5 Å². The summed E-state index contributed by atoms with van der Waals surface area (Å²) in [6.45, 7) is -0.301. The summed E-state index contributed by atoms with van der Waals surface area (Å²) < 4.78 is 53.4. The summed E-state index contributed by atoms with van der Waals surface area (Å²) in [5, 5.41) is 30.9. The minimum Gasteiger partial charge on any atom is -0.390 e. The summed E-state index contributed by atoms with van der Waals surface area (Å²) in [6.07, 6.45) is -0.929. The van der Waals surface area contributed by atoms with Crippen molar-refractivity contribution in [3.05, 3.63) is 42.0 Å². The average molecular weight is 540 g/mol. The number of H-pyrrole nitrogens is 1. The highest BCUT2D eigenvalue weighted by atomic mass is 32.2. The molecule has 1 aromatic heterocycles. The van der Waals surface area contributed by atoms with Gasteiger partial charge in [0.2, 0.25) is 25.9 Å². The molecule has 15 nitrogen and oxygen atoms in total. The minimum atomic E-state index is -4.67. The number of carbonyl (C=O) groups excluding carboxylic acids is 1. The van der Waals surface area contributed by atoms with Gasteiger partial charge >= 0.3 is 0 Å². The van der Waals surface area contributed by atoms with Gasteiger partial charge in [-0.25, -0.2) is 26.7 Å². The molecule has 1 heterocycles. The number of tetrazole rings is 1. The van der Waals surface area contributed by atoms with Gasteiger partial charge in [0.05, 0.1) is 11.7 Å². The topological polar surface area (TPSA) is 262 Å². The van der Waals surface area contributed by atoms with Crippen LogP contribution in [0, 0.1) is 0 Å². The summed E-state index contributed by atoms with van der Waals surface area (Å²) in [5.74, 6) is -0.770. The van der Waals surface area contributed by atoms with Crippen molar-refractivity contribution in [2.45, 2.75) is 15.9 Å². The van der Waals surface area contributed by atoms with Crippen LogP contribution >= 0.6 is 0 Å². The molecule has 1 atom stereocenters. The third kappa shape index (κ3) is 6.08. The number of nitrogens with one attached hydrogen (secondary N) is 3. The molecule has 3 rings (SSSR count). The highest BCUT2D eigenvalue weighted by molar-refractivity contribution is 7.92. The number of aromatic nitrogens is 4. The number of carbonyl (C=O) groups is 1. The lowest BCUT2D eigenvalue weighted by Gasteiger charge is -2.17. The molecule has 0 unspecified atom stereocenters. The molecule has 0 bridgehead atoms. The van der Waals surface area contributed by atoms with E-state index in [1.807, 2.05) is 0 Å². The zero-order valence-electron chi connectivity index (χ0n) is 18.7. The first-order valence-electron chi connectivity index (χ1n) is 10.4. The molecule has 0 saturated heterocycles. The number of amides is 1. The van der Waals surface area contributed by atoms with E-state index < -0.39 is 41.8 Å². The fourth-order valence-electron chi connectivity index (χ4n) is 3.28. The smallest absolute Gasteiger partial charge is 0.251 e. The molecule has 0 aliphatic carbocycles. The number of aromatic amines is 1. The standard InChI is InChI=1S/C19H25N9O6S2/c20-6-7-24-36(33,34)15-5-4-14(16(17(15)35(22,31)32)18-25-27-28-26-18)11-2-1-3-12(8-11)19(30)23-10-13(29)9-21/h1-5,8,13,24,29H,6-7,9-10,20-21H2,(H,23,30)(H2,22,31,32)(H,25,26,27,28)/t13-/m0/s1. The number of nitrogens with zero attached hydrogens (tertiary/aromatic N) is 3. The van der Waals surface area contributed by atoms with E-state index in [0.717, 1.165) is 6.07 Å². The van der Waals surface area contributed by atoms with Crippen LogP contribution in [-0.2, 0) is 20.0 Å². The summed E-state index contributed by atoms with van der Waals surface area (Å²) in [6, 6.07) is 8.45. The van der Waals surface area contributed by atoms with Crippen molar-refractivity contribution in [1.82, 2.24) is 30.7 Å². The van der Waals surface area contributed by atoms with Gasteiger partial charge in [0.1, 0.15) is 9.79 Å². The Morgan fingerprint density at radius 2 is 1.89 bits per heavy atom. The van der Waals surface area contributed by atoms with E-state index >= 15 is 0 Å². The van der Waals surface area contributed by atoms with Gasteiger partial charge in [-0.05, 0) is 34.5 Å². The number of aliphatic hydroxyl groups excluding tert-OH is 1. The molecule has 0 saturated carbocycles. The quantitative estimate of drug-likeness (QED) is 0.133. The lowest BCUT2D eigenvalue weighted by molar-refractivity contribution is 0.0920. The Balaban J connectivity index is 2.24. The fourth-order valence-corrected chi connectivity index (χ4v) is 5.93. The largest absolute Gasteiger partial charge is 0.390 e. The highest BCUT2D eigenvalue weighted by Crippen LogP contribution is 2.38. The van der Waals surface area contributed by atoms with Gasteiger partial charge in [0.15, 0.2) is 0 Å². The predicted molar refractivity (Wildman–Crippen MR) is 128 cm³/mol. The van der Waals surface area contributed by atoms with E-state index in [-0.39, 0.29) is 48.7 Å². The molecule has 17 heteroatoms. The third-order valence-corrected chi connectivity index (χ3v) is 7.53. The van der Waals surface area contributed by atoms with Crippen LogP contribution in [0.1, 0.15) is 10.4 Å². The predicted octanol–water partition coefficient (Wildman–Crippen LogP) is -2.53. The van der Waals surface area contributed by atoms with Crippen LogP contribution < -0.4 is 26.6 Å². The number of benzene rings is 2. The van der Waals surface area contributed by atoms with Crippen molar-refractivity contribution in [3.63, 3.8) is 0 Å². The SMILES string of the molecule is NCCNS(=O)(=O)c1ccc(-c2cccc(C(=O)NC[C@@H](O)CN)c2)c(-c2nn[nH]n2)c1S(N)(=O)=O. The van der Waals surface area contributed by atoms with Gasteiger partial charge in [0, 0.05) is 31.7 Å². The lowest BCUT2D eigenvalue weighted by atomic mass is 9.97. The van der Waals surface area contributed by atoms with Gasteiger partial charge in [-0.3, -0.25) is 4.79 Å². The maximum absolute atomic E-state index is 12.9. The molecule has 0 fully saturated rings. The zero-order chi connectivity index (χ0) is 26.5. The molecule has 0 aliphatic heterocycles. The maximum atomic E-state index is 12.9. The van der Waals surface area contributed by atoms with E-state index in [1.54, 1.807) is 6.07 Å². The van der Waals surface area contributed by atoms with E-state index in [2.05, 4.69) is 30.7 Å². The van der Waals surface area contributed by atoms with Crippen molar-refractivity contribution < 1.29 is 26.7 Å². The molecular formula is C19H25N9O6S2. The first-order valence-corrected chi connectivity index (χ1v) is 13.4. The molecule has 36 heavy (non-hydrogen) atoms. The summed E-state index contributed by atoms with van der Waals surface area (Å²) >= 11 is 0. The molecule has 10 N–H and O–H groups in total. The monoisotopic (exact) mass is 539 g/mol. The lowest BCUT2D eigenvalue weighted by Crippen LogP contribution is -2.36. The summed E-state index contributed by atoms with van der Waals surface area (Å²) in [5.41, 5.74) is 11.1. The summed E-state index contributed by atoms with van der Waals surface area (Å²) in [4.78, 5) is 11.2. The van der Waals surface area contributed by atoms with E-state index in [4.69, 9.17) is 16.6 Å². The van der Waals surface area contributed by atoms with Gasteiger partial charge in [0.25, 0.3) is 5.91 Å². The molecule has 1 amide bonds. The molecule has 3 aromatic rings. The molecule has 2 aromatic carbocycles. The Kier molecular flexibility index (Phi) is 8.46.